The van der Waals surface area contributed by atoms with Crippen molar-refractivity contribution in [1.29, 1.82) is 0 Å². The third-order valence-electron chi connectivity index (χ3n) is 3.92. The maximum absolute atomic E-state index is 12.4. The van der Waals surface area contributed by atoms with Crippen LogP contribution in [0.4, 0.5) is 0 Å². The molecular formula is C20H19N3O3. The van der Waals surface area contributed by atoms with E-state index in [0.717, 1.165) is 16.7 Å². The van der Waals surface area contributed by atoms with Gasteiger partial charge in [-0.15, -0.1) is 0 Å². The Morgan fingerprint density at radius 3 is 2.42 bits per heavy atom. The van der Waals surface area contributed by atoms with E-state index in [9.17, 15) is 4.79 Å². The van der Waals surface area contributed by atoms with E-state index >= 15 is 0 Å². The lowest BCUT2D eigenvalue weighted by Gasteiger charge is -2.10. The van der Waals surface area contributed by atoms with Crippen LogP contribution in [0.1, 0.15) is 15.9 Å². The molecule has 0 saturated heterocycles. The lowest BCUT2D eigenvalue weighted by molar-refractivity contribution is 0.0950. The Morgan fingerprint density at radius 1 is 0.923 bits per heavy atom. The van der Waals surface area contributed by atoms with Crippen molar-refractivity contribution in [3.05, 3.63) is 72.3 Å². The van der Waals surface area contributed by atoms with Gasteiger partial charge in [0.1, 0.15) is 0 Å². The lowest BCUT2D eigenvalue weighted by Crippen LogP contribution is -2.22. The number of nitrogens with one attached hydrogen (secondary N) is 1. The van der Waals surface area contributed by atoms with Crippen molar-refractivity contribution in [2.24, 2.45) is 0 Å². The molecular weight excluding hydrogens is 330 g/mol. The van der Waals surface area contributed by atoms with Gasteiger partial charge in [-0.05, 0) is 41.5 Å². The zero-order valence-corrected chi connectivity index (χ0v) is 14.6. The Morgan fingerprint density at radius 2 is 1.69 bits per heavy atom. The van der Waals surface area contributed by atoms with Gasteiger partial charge in [0.05, 0.1) is 19.8 Å². The summed E-state index contributed by atoms with van der Waals surface area (Å²) in [6.07, 6.45) is 6.65. The summed E-state index contributed by atoms with van der Waals surface area (Å²) in [4.78, 5) is 20.6. The molecule has 2 heterocycles. The molecule has 0 spiro atoms. The minimum atomic E-state index is -0.184. The smallest absolute Gasteiger partial charge is 0.253 e. The number of hydrogen-bond acceptors (Lipinski definition) is 5. The van der Waals surface area contributed by atoms with E-state index in [1.807, 2.05) is 30.3 Å². The van der Waals surface area contributed by atoms with E-state index in [2.05, 4.69) is 15.3 Å². The van der Waals surface area contributed by atoms with Crippen LogP contribution in [0.5, 0.6) is 11.5 Å². The highest BCUT2D eigenvalue weighted by Crippen LogP contribution is 2.32. The average Bonchev–Trinajstić information content (AvgIpc) is 2.72. The number of carbonyl (C=O) groups is 1. The minimum absolute atomic E-state index is 0.184. The Hall–Kier alpha value is -3.41. The second-order valence-electron chi connectivity index (χ2n) is 5.57. The summed E-state index contributed by atoms with van der Waals surface area (Å²) in [6.45, 7) is 0.432. The maximum Gasteiger partial charge on any atom is 0.253 e. The van der Waals surface area contributed by atoms with Gasteiger partial charge >= 0.3 is 0 Å². The number of amides is 1. The molecule has 0 fully saturated rings. The molecule has 3 aromatic rings. The van der Waals surface area contributed by atoms with Gasteiger partial charge in [-0.2, -0.15) is 0 Å². The van der Waals surface area contributed by atoms with Crippen LogP contribution < -0.4 is 14.8 Å². The van der Waals surface area contributed by atoms with Gasteiger partial charge in [0, 0.05) is 36.9 Å². The second-order valence-corrected chi connectivity index (χ2v) is 5.57. The third-order valence-corrected chi connectivity index (χ3v) is 3.92. The van der Waals surface area contributed by atoms with Crippen LogP contribution in [0.25, 0.3) is 11.1 Å². The van der Waals surface area contributed by atoms with Crippen molar-refractivity contribution in [2.75, 3.05) is 14.2 Å². The average molecular weight is 349 g/mol. The van der Waals surface area contributed by atoms with Crippen LogP contribution in [0.3, 0.4) is 0 Å². The number of benzene rings is 1. The number of pyridine rings is 2. The van der Waals surface area contributed by atoms with Gasteiger partial charge in [-0.25, -0.2) is 0 Å². The van der Waals surface area contributed by atoms with Crippen molar-refractivity contribution in [3.8, 4) is 22.6 Å². The van der Waals surface area contributed by atoms with Gasteiger partial charge in [0.15, 0.2) is 11.5 Å². The van der Waals surface area contributed by atoms with Crippen LogP contribution >= 0.6 is 0 Å². The van der Waals surface area contributed by atoms with Gasteiger partial charge in [-0.1, -0.05) is 6.07 Å². The summed E-state index contributed by atoms with van der Waals surface area (Å²) >= 11 is 0. The zero-order valence-electron chi connectivity index (χ0n) is 14.6. The van der Waals surface area contributed by atoms with Gasteiger partial charge in [0.25, 0.3) is 5.91 Å². The minimum Gasteiger partial charge on any atom is -0.493 e. The zero-order chi connectivity index (χ0) is 18.4. The second kappa shape index (κ2) is 8.11. The van der Waals surface area contributed by atoms with E-state index in [-0.39, 0.29) is 5.91 Å². The summed E-state index contributed by atoms with van der Waals surface area (Å²) in [7, 11) is 3.18. The largest absolute Gasteiger partial charge is 0.493 e. The van der Waals surface area contributed by atoms with Crippen molar-refractivity contribution < 1.29 is 14.3 Å². The van der Waals surface area contributed by atoms with Crippen LogP contribution in [-0.4, -0.2) is 30.1 Å². The molecule has 3 rings (SSSR count). The number of hydrogen-bond donors (Lipinski definition) is 1. The molecule has 1 amide bonds. The summed E-state index contributed by atoms with van der Waals surface area (Å²) in [5.41, 5.74) is 3.19. The summed E-state index contributed by atoms with van der Waals surface area (Å²) in [5, 5.41) is 2.88. The SMILES string of the molecule is COc1ccc(-c2cncc(C(=O)NCc3ccncc3)c2)cc1OC. The number of rotatable bonds is 6. The summed E-state index contributed by atoms with van der Waals surface area (Å²) in [6, 6.07) is 11.1. The molecule has 1 N–H and O–H groups in total. The molecule has 26 heavy (non-hydrogen) atoms. The van der Waals surface area contributed by atoms with Crippen molar-refractivity contribution >= 4 is 5.91 Å². The van der Waals surface area contributed by atoms with Gasteiger partial charge < -0.3 is 14.8 Å². The molecule has 6 nitrogen and oxygen atoms in total. The van der Waals surface area contributed by atoms with Crippen molar-refractivity contribution in [2.45, 2.75) is 6.54 Å². The van der Waals surface area contributed by atoms with Gasteiger partial charge in [0.2, 0.25) is 0 Å². The summed E-state index contributed by atoms with van der Waals surface area (Å²) in [5.74, 6) is 1.09. The number of nitrogens with zero attached hydrogens (tertiary/aromatic N) is 2. The summed E-state index contributed by atoms with van der Waals surface area (Å²) < 4.78 is 10.6. The normalized spacial score (nSPS) is 10.2. The quantitative estimate of drug-likeness (QED) is 0.740. The molecule has 0 aliphatic heterocycles. The Labute approximate surface area is 151 Å². The van der Waals surface area contributed by atoms with Crippen LogP contribution in [0, 0.1) is 0 Å². The fourth-order valence-corrected chi connectivity index (χ4v) is 2.52. The first-order valence-electron chi connectivity index (χ1n) is 8.06. The first-order valence-corrected chi connectivity index (χ1v) is 8.06. The molecule has 2 aromatic heterocycles. The van der Waals surface area contributed by atoms with E-state index in [4.69, 9.17) is 9.47 Å². The standard InChI is InChI=1S/C20H19N3O3/c1-25-18-4-3-15(10-19(18)26-2)16-9-17(13-22-12-16)20(24)23-11-14-5-7-21-8-6-14/h3-10,12-13H,11H2,1-2H3,(H,23,24). The highest BCUT2D eigenvalue weighted by Gasteiger charge is 2.10. The van der Waals surface area contributed by atoms with Crippen molar-refractivity contribution in [1.82, 2.24) is 15.3 Å². The number of aromatic nitrogens is 2. The first kappa shape index (κ1) is 17.4. The molecule has 0 aliphatic rings. The topological polar surface area (TPSA) is 73.3 Å². The van der Waals surface area contributed by atoms with Crippen LogP contribution in [0.2, 0.25) is 0 Å². The van der Waals surface area contributed by atoms with E-state index in [0.29, 0.717) is 23.6 Å². The van der Waals surface area contributed by atoms with E-state index in [1.54, 1.807) is 45.1 Å². The molecule has 1 aromatic carbocycles. The highest BCUT2D eigenvalue weighted by atomic mass is 16.5. The predicted molar refractivity (Wildman–Crippen MR) is 98.2 cm³/mol. The van der Waals surface area contributed by atoms with Crippen LogP contribution in [-0.2, 0) is 6.54 Å². The third kappa shape index (κ3) is 3.97. The Balaban J connectivity index is 1.78. The van der Waals surface area contributed by atoms with E-state index < -0.39 is 0 Å². The molecule has 0 aliphatic carbocycles. The Kier molecular flexibility index (Phi) is 5.43. The predicted octanol–water partition coefficient (Wildman–Crippen LogP) is 3.09. The molecule has 6 heteroatoms. The van der Waals surface area contributed by atoms with E-state index in [1.165, 1.54) is 0 Å². The molecule has 0 saturated carbocycles. The molecule has 0 unspecified atom stereocenters. The number of ether oxygens (including phenoxy) is 2. The monoisotopic (exact) mass is 349 g/mol. The molecule has 0 radical (unpaired) electrons. The number of methoxy groups -OCH3 is 2. The number of carbonyl (C=O) groups excluding carboxylic acids is 1. The lowest BCUT2D eigenvalue weighted by atomic mass is 10.0. The first-order chi connectivity index (χ1) is 12.7. The Bertz CT molecular complexity index is 898. The van der Waals surface area contributed by atoms with Crippen molar-refractivity contribution in [3.63, 3.8) is 0 Å². The fraction of sp³-hybridized carbons (Fsp3) is 0.150. The molecule has 0 atom stereocenters. The van der Waals surface area contributed by atoms with Gasteiger partial charge in [-0.3, -0.25) is 14.8 Å². The van der Waals surface area contributed by atoms with Crippen LogP contribution in [0.15, 0.2) is 61.2 Å². The molecule has 0 bridgehead atoms. The fourth-order valence-electron chi connectivity index (χ4n) is 2.52. The molecule has 132 valence electrons. The highest BCUT2D eigenvalue weighted by molar-refractivity contribution is 5.95. The maximum atomic E-state index is 12.4.